The summed E-state index contributed by atoms with van der Waals surface area (Å²) >= 11 is 1.97. The van der Waals surface area contributed by atoms with Crippen LogP contribution in [0.15, 0.2) is 0 Å². The van der Waals surface area contributed by atoms with Crippen molar-refractivity contribution in [3.8, 4) is 0 Å². The Hall–Kier alpha value is -0.220. The molecule has 3 nitrogen and oxygen atoms in total. The van der Waals surface area contributed by atoms with Crippen molar-refractivity contribution in [2.75, 3.05) is 19.0 Å². The Balaban J connectivity index is 1.70. The Morgan fingerprint density at radius 3 is 2.60 bits per heavy atom. The van der Waals surface area contributed by atoms with E-state index in [1.807, 2.05) is 11.8 Å². The second kappa shape index (κ2) is 4.74. The number of carbonyl (C=O) groups is 1. The molecule has 1 N–H and O–H groups in total. The summed E-state index contributed by atoms with van der Waals surface area (Å²) < 4.78 is 5.30. The van der Waals surface area contributed by atoms with E-state index in [9.17, 15) is 4.79 Å². The van der Waals surface area contributed by atoms with Gasteiger partial charge in [0.2, 0.25) is 0 Å². The molecule has 2 aliphatic rings. The van der Waals surface area contributed by atoms with Gasteiger partial charge < -0.3 is 9.84 Å². The highest BCUT2D eigenvalue weighted by molar-refractivity contribution is 7.99. The molecule has 4 heteroatoms. The first-order chi connectivity index (χ1) is 7.20. The molecule has 0 aromatic carbocycles. The summed E-state index contributed by atoms with van der Waals surface area (Å²) in [4.78, 5) is 10.7. The molecule has 0 aromatic heterocycles. The van der Waals surface area contributed by atoms with Gasteiger partial charge in [0, 0.05) is 18.5 Å². The van der Waals surface area contributed by atoms with Gasteiger partial charge in [0.05, 0.1) is 6.42 Å². The van der Waals surface area contributed by atoms with Crippen LogP contribution in [-0.4, -0.2) is 35.3 Å². The minimum Gasteiger partial charge on any atom is -0.481 e. The second-order valence-corrected chi connectivity index (χ2v) is 5.98. The highest BCUT2D eigenvalue weighted by Crippen LogP contribution is 2.51. The van der Waals surface area contributed by atoms with Gasteiger partial charge in [-0.1, -0.05) is 0 Å². The maximum absolute atomic E-state index is 10.7. The van der Waals surface area contributed by atoms with Crippen LogP contribution in [0.3, 0.4) is 0 Å². The summed E-state index contributed by atoms with van der Waals surface area (Å²) in [5.74, 6) is 0.393. The Morgan fingerprint density at radius 2 is 2.07 bits per heavy atom. The molecule has 0 amide bonds. The number of ether oxygens (including phenoxy) is 1. The Morgan fingerprint density at radius 1 is 1.40 bits per heavy atom. The van der Waals surface area contributed by atoms with Crippen LogP contribution in [0.25, 0.3) is 0 Å². The molecule has 1 heterocycles. The molecule has 1 saturated heterocycles. The Kier molecular flexibility index (Phi) is 3.57. The number of aliphatic carboxylic acids is 1. The number of rotatable bonds is 5. The van der Waals surface area contributed by atoms with E-state index in [0.717, 1.165) is 44.6 Å². The molecule has 0 aromatic rings. The van der Waals surface area contributed by atoms with E-state index in [-0.39, 0.29) is 5.41 Å². The first kappa shape index (κ1) is 11.3. The van der Waals surface area contributed by atoms with E-state index < -0.39 is 5.97 Å². The zero-order chi connectivity index (χ0) is 10.7. The Bertz CT molecular complexity index is 232. The van der Waals surface area contributed by atoms with E-state index in [2.05, 4.69) is 0 Å². The van der Waals surface area contributed by atoms with Crippen LogP contribution >= 0.6 is 11.8 Å². The fraction of sp³-hybridized carbons (Fsp3) is 0.909. The van der Waals surface area contributed by atoms with Gasteiger partial charge in [-0.05, 0) is 36.9 Å². The lowest BCUT2D eigenvalue weighted by Crippen LogP contribution is -2.20. The molecule has 15 heavy (non-hydrogen) atoms. The second-order valence-electron chi connectivity index (χ2n) is 4.69. The fourth-order valence-electron chi connectivity index (χ4n) is 2.01. The van der Waals surface area contributed by atoms with Crippen LogP contribution in [0.2, 0.25) is 0 Å². The predicted molar refractivity (Wildman–Crippen MR) is 60.2 cm³/mol. The molecule has 0 spiro atoms. The number of carboxylic acid groups (broad SMARTS) is 1. The lowest BCUT2D eigenvalue weighted by Gasteiger charge is -2.23. The van der Waals surface area contributed by atoms with Gasteiger partial charge in [0.15, 0.2) is 0 Å². The lowest BCUT2D eigenvalue weighted by molar-refractivity contribution is -0.138. The van der Waals surface area contributed by atoms with Crippen molar-refractivity contribution in [3.05, 3.63) is 0 Å². The summed E-state index contributed by atoms with van der Waals surface area (Å²) in [6.07, 6.45) is 4.84. The molecule has 0 unspecified atom stereocenters. The van der Waals surface area contributed by atoms with E-state index >= 15 is 0 Å². The third-order valence-corrected chi connectivity index (χ3v) is 5.00. The third kappa shape index (κ3) is 3.38. The maximum atomic E-state index is 10.7. The summed E-state index contributed by atoms with van der Waals surface area (Å²) in [5.41, 5.74) is 0.148. The SMILES string of the molecule is O=C(O)CC1(CSC2CCOCC2)CC1. The van der Waals surface area contributed by atoms with Gasteiger partial charge in [0.1, 0.15) is 0 Å². The molecule has 0 radical (unpaired) electrons. The first-order valence-electron chi connectivity index (χ1n) is 5.61. The zero-order valence-corrected chi connectivity index (χ0v) is 9.72. The predicted octanol–water partition coefficient (Wildman–Crippen LogP) is 2.15. The van der Waals surface area contributed by atoms with E-state index in [1.54, 1.807) is 0 Å². The average Bonchev–Trinajstić information content (AvgIpc) is 2.96. The zero-order valence-electron chi connectivity index (χ0n) is 8.91. The van der Waals surface area contributed by atoms with Gasteiger partial charge in [-0.15, -0.1) is 0 Å². The van der Waals surface area contributed by atoms with Gasteiger partial charge in [-0.2, -0.15) is 11.8 Å². The molecule has 0 atom stereocenters. The number of hydrogen-bond acceptors (Lipinski definition) is 3. The van der Waals surface area contributed by atoms with Gasteiger partial charge in [-0.3, -0.25) is 4.79 Å². The Labute approximate surface area is 94.6 Å². The van der Waals surface area contributed by atoms with Gasteiger partial charge in [0.25, 0.3) is 0 Å². The summed E-state index contributed by atoms with van der Waals surface area (Å²) in [6, 6.07) is 0. The van der Waals surface area contributed by atoms with Crippen molar-refractivity contribution >= 4 is 17.7 Å². The maximum Gasteiger partial charge on any atom is 0.303 e. The monoisotopic (exact) mass is 230 g/mol. The minimum atomic E-state index is -0.639. The van der Waals surface area contributed by atoms with Crippen LogP contribution in [0, 0.1) is 5.41 Å². The van der Waals surface area contributed by atoms with Crippen LogP contribution < -0.4 is 0 Å². The van der Waals surface area contributed by atoms with Crippen LogP contribution in [-0.2, 0) is 9.53 Å². The summed E-state index contributed by atoms with van der Waals surface area (Å²) in [7, 11) is 0. The number of thioether (sulfide) groups is 1. The fourth-order valence-corrected chi connectivity index (χ4v) is 3.51. The standard InChI is InChI=1S/C11H18O3S/c12-10(13)7-11(3-4-11)8-15-9-1-5-14-6-2-9/h9H,1-8H2,(H,12,13). The van der Waals surface area contributed by atoms with Gasteiger partial charge in [-0.25, -0.2) is 0 Å². The summed E-state index contributed by atoms with van der Waals surface area (Å²) in [5, 5.41) is 9.50. The molecular formula is C11H18O3S. The van der Waals surface area contributed by atoms with Crippen LogP contribution in [0.5, 0.6) is 0 Å². The minimum absolute atomic E-state index is 0.148. The molecule has 2 rings (SSSR count). The first-order valence-corrected chi connectivity index (χ1v) is 6.66. The van der Waals surface area contributed by atoms with Gasteiger partial charge >= 0.3 is 5.97 Å². The van der Waals surface area contributed by atoms with E-state index in [4.69, 9.17) is 9.84 Å². The molecule has 1 saturated carbocycles. The van der Waals surface area contributed by atoms with Crippen LogP contribution in [0.1, 0.15) is 32.1 Å². The highest BCUT2D eigenvalue weighted by atomic mass is 32.2. The van der Waals surface area contributed by atoms with E-state index in [1.165, 1.54) is 0 Å². The van der Waals surface area contributed by atoms with Crippen molar-refractivity contribution in [1.29, 1.82) is 0 Å². The van der Waals surface area contributed by atoms with Crippen LogP contribution in [0.4, 0.5) is 0 Å². The molecular weight excluding hydrogens is 212 g/mol. The largest absolute Gasteiger partial charge is 0.481 e. The lowest BCUT2D eigenvalue weighted by atomic mass is 10.1. The topological polar surface area (TPSA) is 46.5 Å². The average molecular weight is 230 g/mol. The smallest absolute Gasteiger partial charge is 0.303 e. The number of hydrogen-bond donors (Lipinski definition) is 1. The summed E-state index contributed by atoms with van der Waals surface area (Å²) in [6.45, 7) is 1.76. The normalized spacial score (nSPS) is 25.1. The molecule has 1 aliphatic carbocycles. The molecule has 0 bridgehead atoms. The van der Waals surface area contributed by atoms with Crippen molar-refractivity contribution in [2.24, 2.45) is 5.41 Å². The highest BCUT2D eigenvalue weighted by Gasteiger charge is 2.44. The molecule has 2 fully saturated rings. The van der Waals surface area contributed by atoms with E-state index in [0.29, 0.717) is 11.7 Å². The van der Waals surface area contributed by atoms with Crippen molar-refractivity contribution in [2.45, 2.75) is 37.4 Å². The molecule has 1 aliphatic heterocycles. The van der Waals surface area contributed by atoms with Crippen molar-refractivity contribution < 1.29 is 14.6 Å². The quantitative estimate of drug-likeness (QED) is 0.786. The van der Waals surface area contributed by atoms with Crippen molar-refractivity contribution in [3.63, 3.8) is 0 Å². The number of carboxylic acids is 1. The molecule has 86 valence electrons. The van der Waals surface area contributed by atoms with Crippen molar-refractivity contribution in [1.82, 2.24) is 0 Å². The third-order valence-electron chi connectivity index (χ3n) is 3.28.